The summed E-state index contributed by atoms with van der Waals surface area (Å²) in [5.74, 6) is 0.219. The third-order valence-corrected chi connectivity index (χ3v) is 2.23. The third-order valence-electron chi connectivity index (χ3n) is 2.23. The fourth-order valence-corrected chi connectivity index (χ4v) is 1.46. The Hall–Kier alpha value is -1.71. The lowest BCUT2D eigenvalue weighted by Gasteiger charge is -2.13. The van der Waals surface area contributed by atoms with Gasteiger partial charge < -0.3 is 15.2 Å². The molecule has 0 bridgehead atoms. The van der Waals surface area contributed by atoms with E-state index in [0.29, 0.717) is 23.6 Å². The van der Waals surface area contributed by atoms with Crippen molar-refractivity contribution in [2.75, 3.05) is 12.3 Å². The minimum absolute atomic E-state index is 0.169. The van der Waals surface area contributed by atoms with Crippen molar-refractivity contribution in [3.63, 3.8) is 0 Å². The van der Waals surface area contributed by atoms with Crippen LogP contribution in [0, 0.1) is 6.92 Å². The van der Waals surface area contributed by atoms with E-state index in [4.69, 9.17) is 15.2 Å². The number of esters is 1. The smallest absolute Gasteiger partial charge is 0.340 e. The van der Waals surface area contributed by atoms with E-state index in [1.807, 2.05) is 19.9 Å². The predicted molar refractivity (Wildman–Crippen MR) is 67.3 cm³/mol. The number of hydrogen-bond donors (Lipinski definition) is 1. The second-order valence-electron chi connectivity index (χ2n) is 4.09. The van der Waals surface area contributed by atoms with E-state index in [9.17, 15) is 4.79 Å². The second-order valence-corrected chi connectivity index (χ2v) is 4.09. The first-order chi connectivity index (χ1) is 7.95. The fourth-order valence-electron chi connectivity index (χ4n) is 1.46. The Labute approximate surface area is 102 Å². The van der Waals surface area contributed by atoms with E-state index in [1.165, 1.54) is 0 Å². The van der Waals surface area contributed by atoms with Crippen molar-refractivity contribution in [1.82, 2.24) is 0 Å². The summed E-state index contributed by atoms with van der Waals surface area (Å²) in [5, 5.41) is 0. The fraction of sp³-hybridized carbons (Fsp3) is 0.462. The number of carbonyl (C=O) groups excluding carboxylic acids is 1. The molecule has 17 heavy (non-hydrogen) atoms. The van der Waals surface area contributed by atoms with Crippen LogP contribution < -0.4 is 10.5 Å². The van der Waals surface area contributed by atoms with E-state index in [1.54, 1.807) is 19.9 Å². The maximum absolute atomic E-state index is 11.8. The molecule has 4 heteroatoms. The molecule has 4 nitrogen and oxygen atoms in total. The van der Waals surface area contributed by atoms with Gasteiger partial charge >= 0.3 is 5.97 Å². The van der Waals surface area contributed by atoms with Gasteiger partial charge in [-0.05, 0) is 45.4 Å². The van der Waals surface area contributed by atoms with E-state index < -0.39 is 5.97 Å². The molecule has 1 aromatic rings. The van der Waals surface area contributed by atoms with Gasteiger partial charge in [0.05, 0.1) is 18.3 Å². The monoisotopic (exact) mass is 237 g/mol. The van der Waals surface area contributed by atoms with Crippen LogP contribution in [0.25, 0.3) is 0 Å². The lowest BCUT2D eigenvalue weighted by Crippen LogP contribution is -2.14. The topological polar surface area (TPSA) is 61.5 Å². The molecule has 2 N–H and O–H groups in total. The van der Waals surface area contributed by atoms with E-state index in [0.717, 1.165) is 5.56 Å². The molecule has 0 spiro atoms. The van der Waals surface area contributed by atoms with E-state index >= 15 is 0 Å². The van der Waals surface area contributed by atoms with Crippen LogP contribution in [0.1, 0.15) is 36.7 Å². The van der Waals surface area contributed by atoms with Crippen molar-refractivity contribution in [3.8, 4) is 5.75 Å². The minimum Gasteiger partial charge on any atom is -0.494 e. The number of aryl methyl sites for hydroxylation is 1. The summed E-state index contributed by atoms with van der Waals surface area (Å²) in [6.45, 7) is 7.87. The lowest BCUT2D eigenvalue weighted by molar-refractivity contribution is 0.0378. The maximum Gasteiger partial charge on any atom is 0.340 e. The van der Waals surface area contributed by atoms with Crippen LogP contribution in [0.5, 0.6) is 5.75 Å². The number of rotatable bonds is 4. The van der Waals surface area contributed by atoms with Crippen LogP contribution in [0.4, 0.5) is 5.69 Å². The second kappa shape index (κ2) is 5.57. The van der Waals surface area contributed by atoms with Crippen LogP contribution in [-0.4, -0.2) is 18.7 Å². The van der Waals surface area contributed by atoms with Gasteiger partial charge in [0, 0.05) is 5.69 Å². The molecular formula is C13H19NO3. The Morgan fingerprint density at radius 3 is 2.59 bits per heavy atom. The van der Waals surface area contributed by atoms with Gasteiger partial charge in [-0.3, -0.25) is 0 Å². The number of ether oxygens (including phenoxy) is 2. The van der Waals surface area contributed by atoms with Crippen LogP contribution >= 0.6 is 0 Å². The van der Waals surface area contributed by atoms with Crippen molar-refractivity contribution < 1.29 is 14.3 Å². The minimum atomic E-state index is -0.415. The van der Waals surface area contributed by atoms with Gasteiger partial charge in [-0.2, -0.15) is 0 Å². The maximum atomic E-state index is 11.8. The summed E-state index contributed by atoms with van der Waals surface area (Å²) in [5.41, 5.74) is 7.49. The number of carbonyl (C=O) groups is 1. The normalized spacial score (nSPS) is 10.4. The largest absolute Gasteiger partial charge is 0.494 e. The summed E-state index contributed by atoms with van der Waals surface area (Å²) in [6, 6.07) is 3.43. The first-order valence-electron chi connectivity index (χ1n) is 5.69. The van der Waals surface area contributed by atoms with E-state index in [-0.39, 0.29) is 6.10 Å². The van der Waals surface area contributed by atoms with Crippen molar-refractivity contribution in [2.45, 2.75) is 33.8 Å². The molecule has 1 aromatic carbocycles. The molecule has 0 aliphatic heterocycles. The summed E-state index contributed by atoms with van der Waals surface area (Å²) >= 11 is 0. The molecule has 0 heterocycles. The lowest BCUT2D eigenvalue weighted by atomic mass is 10.1. The Morgan fingerprint density at radius 1 is 1.41 bits per heavy atom. The Balaban J connectivity index is 3.08. The number of benzene rings is 1. The van der Waals surface area contributed by atoms with Gasteiger partial charge in [0.25, 0.3) is 0 Å². The molecule has 0 unspecified atom stereocenters. The summed E-state index contributed by atoms with van der Waals surface area (Å²) < 4.78 is 10.5. The molecule has 1 rings (SSSR count). The highest BCUT2D eigenvalue weighted by Gasteiger charge is 2.16. The van der Waals surface area contributed by atoms with Crippen LogP contribution in [0.3, 0.4) is 0 Å². The van der Waals surface area contributed by atoms with E-state index in [2.05, 4.69) is 0 Å². The first-order valence-corrected chi connectivity index (χ1v) is 5.69. The average Bonchev–Trinajstić information content (AvgIpc) is 2.22. The van der Waals surface area contributed by atoms with Crippen molar-refractivity contribution in [2.24, 2.45) is 0 Å². The standard InChI is InChI=1S/C13H19NO3/c1-5-16-10-6-9(4)12(14)11(7-10)13(15)17-8(2)3/h6-8H,5,14H2,1-4H3. The SMILES string of the molecule is CCOc1cc(C)c(N)c(C(=O)OC(C)C)c1. The number of nitrogens with two attached hydrogens (primary N) is 1. The highest BCUT2D eigenvalue weighted by molar-refractivity contribution is 5.96. The molecule has 0 saturated carbocycles. The van der Waals surface area contributed by atoms with Crippen molar-refractivity contribution in [1.29, 1.82) is 0 Å². The molecule has 0 aliphatic carbocycles. The Bertz CT molecular complexity index is 413. The Kier molecular flexibility index (Phi) is 4.37. The molecule has 0 atom stereocenters. The molecule has 0 fully saturated rings. The van der Waals surface area contributed by atoms with Crippen molar-refractivity contribution >= 4 is 11.7 Å². The zero-order chi connectivity index (χ0) is 13.0. The van der Waals surface area contributed by atoms with Gasteiger partial charge in [0.15, 0.2) is 0 Å². The van der Waals surface area contributed by atoms with Crippen LogP contribution in [-0.2, 0) is 4.74 Å². The molecule has 0 aromatic heterocycles. The molecule has 0 amide bonds. The summed E-state index contributed by atoms with van der Waals surface area (Å²) in [4.78, 5) is 11.8. The first kappa shape index (κ1) is 13.4. The zero-order valence-electron chi connectivity index (χ0n) is 10.7. The highest BCUT2D eigenvalue weighted by atomic mass is 16.5. The molecule has 94 valence electrons. The summed E-state index contributed by atoms with van der Waals surface area (Å²) in [7, 11) is 0. The average molecular weight is 237 g/mol. The van der Waals surface area contributed by atoms with Gasteiger partial charge in [0.1, 0.15) is 5.75 Å². The number of hydrogen-bond acceptors (Lipinski definition) is 4. The highest BCUT2D eigenvalue weighted by Crippen LogP contribution is 2.25. The molecule has 0 aliphatic rings. The Morgan fingerprint density at radius 2 is 2.06 bits per heavy atom. The molecule has 0 radical (unpaired) electrons. The van der Waals surface area contributed by atoms with Gasteiger partial charge in [-0.25, -0.2) is 4.79 Å². The van der Waals surface area contributed by atoms with Crippen LogP contribution in [0.15, 0.2) is 12.1 Å². The van der Waals surface area contributed by atoms with Gasteiger partial charge in [0.2, 0.25) is 0 Å². The predicted octanol–water partition coefficient (Wildman–Crippen LogP) is 2.54. The number of nitrogen functional groups attached to an aromatic ring is 1. The molecule has 0 saturated heterocycles. The van der Waals surface area contributed by atoms with Crippen molar-refractivity contribution in [3.05, 3.63) is 23.3 Å². The molecular weight excluding hydrogens is 218 g/mol. The third kappa shape index (κ3) is 3.37. The zero-order valence-corrected chi connectivity index (χ0v) is 10.7. The quantitative estimate of drug-likeness (QED) is 0.645. The van der Waals surface area contributed by atoms with Crippen LogP contribution in [0.2, 0.25) is 0 Å². The number of anilines is 1. The van der Waals surface area contributed by atoms with Gasteiger partial charge in [-0.1, -0.05) is 0 Å². The van der Waals surface area contributed by atoms with Gasteiger partial charge in [-0.15, -0.1) is 0 Å². The summed E-state index contributed by atoms with van der Waals surface area (Å²) in [6.07, 6.45) is -0.169.